The Morgan fingerprint density at radius 3 is 2.19 bits per heavy atom. The first kappa shape index (κ1) is 20.3. The summed E-state index contributed by atoms with van der Waals surface area (Å²) in [6.45, 7) is 5.07. The minimum Gasteiger partial charge on any atom is -0.493 e. The second-order valence-corrected chi connectivity index (χ2v) is 6.60. The van der Waals surface area contributed by atoms with Crippen LogP contribution < -0.4 is 14.8 Å². The molecule has 0 bridgehead atoms. The number of anilines is 1. The smallest absolute Gasteiger partial charge is 0.316 e. The van der Waals surface area contributed by atoms with Gasteiger partial charge in [0.15, 0.2) is 17.6 Å². The molecule has 27 heavy (non-hydrogen) atoms. The highest BCUT2D eigenvalue weighted by atomic mass is 16.5. The van der Waals surface area contributed by atoms with E-state index in [0.717, 1.165) is 5.56 Å². The molecule has 6 nitrogen and oxygen atoms in total. The number of amides is 1. The van der Waals surface area contributed by atoms with Gasteiger partial charge in [-0.05, 0) is 38.5 Å². The lowest BCUT2D eigenvalue weighted by Crippen LogP contribution is -2.37. The minimum absolute atomic E-state index is 0.431. The van der Waals surface area contributed by atoms with Crippen molar-refractivity contribution in [1.82, 2.24) is 0 Å². The van der Waals surface area contributed by atoms with Gasteiger partial charge in [-0.3, -0.25) is 9.59 Å². The highest BCUT2D eigenvalue weighted by Crippen LogP contribution is 2.30. The number of hydrogen-bond donors (Lipinski definition) is 1. The third kappa shape index (κ3) is 4.78. The average Bonchev–Trinajstić information content (AvgIpc) is 2.68. The van der Waals surface area contributed by atoms with Crippen LogP contribution in [0, 0.1) is 0 Å². The standard InChI is InChI=1S/C21H25NO5/c1-14(27-20(24)21(2,3)15-9-7-6-8-10-15)19(23)22-16-11-12-17(25-4)18(13-16)26-5/h6-14H,1-5H3,(H,22,23)/t14-/m0/s1. The Bertz CT molecular complexity index is 801. The Balaban J connectivity index is 2.04. The van der Waals surface area contributed by atoms with Gasteiger partial charge in [0.2, 0.25) is 0 Å². The SMILES string of the molecule is COc1ccc(NC(=O)[C@H](C)OC(=O)C(C)(C)c2ccccc2)cc1OC. The van der Waals surface area contributed by atoms with Crippen LogP contribution in [-0.2, 0) is 19.7 Å². The van der Waals surface area contributed by atoms with Crippen molar-refractivity contribution in [3.63, 3.8) is 0 Å². The number of carbonyl (C=O) groups is 2. The number of carbonyl (C=O) groups excluding carboxylic acids is 2. The maximum atomic E-state index is 12.6. The predicted molar refractivity (Wildman–Crippen MR) is 103 cm³/mol. The van der Waals surface area contributed by atoms with Gasteiger partial charge < -0.3 is 19.5 Å². The molecule has 0 saturated carbocycles. The molecule has 0 fully saturated rings. The van der Waals surface area contributed by atoms with E-state index in [1.165, 1.54) is 21.1 Å². The molecule has 2 aromatic carbocycles. The van der Waals surface area contributed by atoms with E-state index >= 15 is 0 Å². The largest absolute Gasteiger partial charge is 0.493 e. The van der Waals surface area contributed by atoms with Crippen LogP contribution >= 0.6 is 0 Å². The van der Waals surface area contributed by atoms with Gasteiger partial charge in [0, 0.05) is 11.8 Å². The number of nitrogens with one attached hydrogen (secondary N) is 1. The third-order valence-electron chi connectivity index (χ3n) is 4.31. The fourth-order valence-corrected chi connectivity index (χ4v) is 2.49. The quantitative estimate of drug-likeness (QED) is 0.754. The molecule has 1 amide bonds. The third-order valence-corrected chi connectivity index (χ3v) is 4.31. The van der Waals surface area contributed by atoms with Gasteiger partial charge in [-0.2, -0.15) is 0 Å². The van der Waals surface area contributed by atoms with Crippen molar-refractivity contribution in [3.05, 3.63) is 54.1 Å². The lowest BCUT2D eigenvalue weighted by atomic mass is 9.85. The zero-order valence-electron chi connectivity index (χ0n) is 16.2. The first-order valence-corrected chi connectivity index (χ1v) is 8.59. The van der Waals surface area contributed by atoms with Crippen LogP contribution in [0.3, 0.4) is 0 Å². The molecule has 2 aromatic rings. The van der Waals surface area contributed by atoms with Gasteiger partial charge in [0.05, 0.1) is 19.6 Å². The summed E-state index contributed by atoms with van der Waals surface area (Å²) in [6.07, 6.45) is -0.950. The second kappa shape index (κ2) is 8.58. The predicted octanol–water partition coefficient (Wildman–Crippen LogP) is 3.55. The summed E-state index contributed by atoms with van der Waals surface area (Å²) >= 11 is 0. The molecule has 0 radical (unpaired) electrons. The van der Waals surface area contributed by atoms with Crippen molar-refractivity contribution in [3.8, 4) is 11.5 Å². The molecule has 0 spiro atoms. The molecule has 1 atom stereocenters. The van der Waals surface area contributed by atoms with E-state index in [1.54, 1.807) is 32.0 Å². The van der Waals surface area contributed by atoms with Gasteiger partial charge in [0.25, 0.3) is 5.91 Å². The van der Waals surface area contributed by atoms with Crippen LogP contribution in [0.4, 0.5) is 5.69 Å². The van der Waals surface area contributed by atoms with E-state index < -0.39 is 23.4 Å². The zero-order valence-corrected chi connectivity index (χ0v) is 16.2. The van der Waals surface area contributed by atoms with Crippen LogP contribution in [-0.4, -0.2) is 32.2 Å². The maximum Gasteiger partial charge on any atom is 0.316 e. The molecule has 0 aliphatic carbocycles. The van der Waals surface area contributed by atoms with Crippen molar-refractivity contribution >= 4 is 17.6 Å². The second-order valence-electron chi connectivity index (χ2n) is 6.60. The molecule has 0 aromatic heterocycles. The molecule has 0 unspecified atom stereocenters. The Hall–Kier alpha value is -3.02. The Morgan fingerprint density at radius 2 is 1.59 bits per heavy atom. The first-order chi connectivity index (χ1) is 12.8. The molecule has 0 saturated heterocycles. The van der Waals surface area contributed by atoms with Gasteiger partial charge in [0.1, 0.15) is 0 Å². The molecule has 144 valence electrons. The summed E-state index contributed by atoms with van der Waals surface area (Å²) in [5.74, 6) is 0.146. The number of esters is 1. The van der Waals surface area contributed by atoms with Gasteiger partial charge >= 0.3 is 5.97 Å². The minimum atomic E-state index is -0.950. The van der Waals surface area contributed by atoms with Crippen molar-refractivity contribution in [2.45, 2.75) is 32.3 Å². The summed E-state index contributed by atoms with van der Waals surface area (Å²) < 4.78 is 15.8. The highest BCUT2D eigenvalue weighted by molar-refractivity contribution is 5.96. The van der Waals surface area contributed by atoms with Crippen molar-refractivity contribution in [2.24, 2.45) is 0 Å². The number of ether oxygens (including phenoxy) is 3. The van der Waals surface area contributed by atoms with Crippen molar-refractivity contribution in [1.29, 1.82) is 0 Å². The first-order valence-electron chi connectivity index (χ1n) is 8.59. The molecule has 6 heteroatoms. The van der Waals surface area contributed by atoms with Crippen LogP contribution in [0.1, 0.15) is 26.3 Å². The van der Waals surface area contributed by atoms with Crippen LogP contribution in [0.2, 0.25) is 0 Å². The van der Waals surface area contributed by atoms with E-state index in [-0.39, 0.29) is 0 Å². The summed E-state index contributed by atoms with van der Waals surface area (Å²) in [4.78, 5) is 25.0. The van der Waals surface area contributed by atoms with E-state index in [0.29, 0.717) is 17.2 Å². The van der Waals surface area contributed by atoms with Crippen molar-refractivity contribution < 1.29 is 23.8 Å². The van der Waals surface area contributed by atoms with Crippen LogP contribution in [0.25, 0.3) is 0 Å². The number of methoxy groups -OCH3 is 2. The van der Waals surface area contributed by atoms with Gasteiger partial charge in [-0.1, -0.05) is 30.3 Å². The fourth-order valence-electron chi connectivity index (χ4n) is 2.49. The number of hydrogen-bond acceptors (Lipinski definition) is 5. The van der Waals surface area contributed by atoms with Crippen LogP contribution in [0.15, 0.2) is 48.5 Å². The zero-order chi connectivity index (χ0) is 20.0. The van der Waals surface area contributed by atoms with E-state index in [2.05, 4.69) is 5.32 Å². The number of benzene rings is 2. The highest BCUT2D eigenvalue weighted by Gasteiger charge is 2.33. The molecule has 2 rings (SSSR count). The fraction of sp³-hybridized carbons (Fsp3) is 0.333. The van der Waals surface area contributed by atoms with Crippen LogP contribution in [0.5, 0.6) is 11.5 Å². The van der Waals surface area contributed by atoms with Gasteiger partial charge in [-0.15, -0.1) is 0 Å². The summed E-state index contributed by atoms with van der Waals surface area (Å²) in [5.41, 5.74) is 0.476. The Morgan fingerprint density at radius 1 is 0.963 bits per heavy atom. The number of rotatable bonds is 7. The maximum absolute atomic E-state index is 12.6. The Labute approximate surface area is 159 Å². The monoisotopic (exact) mass is 371 g/mol. The van der Waals surface area contributed by atoms with E-state index in [4.69, 9.17) is 14.2 Å². The summed E-state index contributed by atoms with van der Waals surface area (Å²) in [5, 5.41) is 2.71. The lowest BCUT2D eigenvalue weighted by Gasteiger charge is -2.25. The molecule has 0 aliphatic heterocycles. The Kier molecular flexibility index (Phi) is 6.45. The lowest BCUT2D eigenvalue weighted by molar-refractivity contribution is -0.158. The van der Waals surface area contributed by atoms with Gasteiger partial charge in [-0.25, -0.2) is 0 Å². The molecular formula is C21H25NO5. The summed E-state index contributed by atoms with van der Waals surface area (Å²) in [6, 6.07) is 14.3. The van der Waals surface area contributed by atoms with E-state index in [9.17, 15) is 9.59 Å². The molecule has 1 N–H and O–H groups in total. The molecule has 0 aliphatic rings. The van der Waals surface area contributed by atoms with E-state index in [1.807, 2.05) is 30.3 Å². The average molecular weight is 371 g/mol. The molecular weight excluding hydrogens is 346 g/mol. The molecule has 0 heterocycles. The van der Waals surface area contributed by atoms with Crippen molar-refractivity contribution in [2.75, 3.05) is 19.5 Å². The topological polar surface area (TPSA) is 73.9 Å². The summed E-state index contributed by atoms with van der Waals surface area (Å²) in [7, 11) is 3.05. The normalized spacial score (nSPS) is 12.0.